The normalized spacial score (nSPS) is 12.9. The fourth-order valence-corrected chi connectivity index (χ4v) is 6.36. The van der Waals surface area contributed by atoms with Gasteiger partial charge in [-0.3, -0.25) is 4.98 Å². The van der Waals surface area contributed by atoms with Gasteiger partial charge in [0.05, 0.1) is 15.1 Å². The molecule has 0 N–H and O–H groups in total. The molecule has 0 aliphatic rings. The van der Waals surface area contributed by atoms with Crippen LogP contribution in [-0.4, -0.2) is 4.98 Å². The SMILES string of the molecule is CCC(C)(CC)c1cc(-c2nccc3c2sc2c(C)c(C(C)(C)C)oc23)cc2ccccc12. The predicted molar refractivity (Wildman–Crippen MR) is 144 cm³/mol. The fraction of sp³-hybridized carbons (Fsp3) is 0.367. The molecule has 3 heterocycles. The summed E-state index contributed by atoms with van der Waals surface area (Å²) >= 11 is 1.82. The summed E-state index contributed by atoms with van der Waals surface area (Å²) in [7, 11) is 0. The Morgan fingerprint density at radius 1 is 0.909 bits per heavy atom. The van der Waals surface area contributed by atoms with E-state index in [-0.39, 0.29) is 10.8 Å². The zero-order chi connectivity index (χ0) is 23.5. The Labute approximate surface area is 200 Å². The summed E-state index contributed by atoms with van der Waals surface area (Å²) in [5.41, 5.74) is 6.06. The van der Waals surface area contributed by atoms with E-state index in [0.717, 1.165) is 29.9 Å². The molecule has 0 saturated heterocycles. The van der Waals surface area contributed by atoms with Gasteiger partial charge in [0.25, 0.3) is 0 Å². The second-order valence-electron chi connectivity index (χ2n) is 10.6. The van der Waals surface area contributed by atoms with Crippen LogP contribution in [0.5, 0.6) is 0 Å². The minimum Gasteiger partial charge on any atom is -0.459 e. The van der Waals surface area contributed by atoms with Crippen molar-refractivity contribution in [2.24, 2.45) is 0 Å². The van der Waals surface area contributed by atoms with E-state index >= 15 is 0 Å². The van der Waals surface area contributed by atoms with E-state index in [1.165, 1.54) is 42.2 Å². The lowest BCUT2D eigenvalue weighted by atomic mass is 9.75. The van der Waals surface area contributed by atoms with E-state index in [1.807, 2.05) is 17.5 Å². The minimum atomic E-state index is -0.0109. The predicted octanol–water partition coefficient (Wildman–Crippen LogP) is 9.55. The molecule has 0 bridgehead atoms. The number of aromatic nitrogens is 1. The van der Waals surface area contributed by atoms with Crippen molar-refractivity contribution >= 4 is 42.5 Å². The first-order valence-electron chi connectivity index (χ1n) is 12.0. The molecule has 0 atom stereocenters. The highest BCUT2D eigenvalue weighted by Gasteiger charge is 2.28. The number of hydrogen-bond acceptors (Lipinski definition) is 3. The Balaban J connectivity index is 1.80. The Morgan fingerprint density at radius 3 is 2.33 bits per heavy atom. The van der Waals surface area contributed by atoms with Crippen LogP contribution >= 0.6 is 11.3 Å². The lowest BCUT2D eigenvalue weighted by molar-refractivity contribution is 0.428. The Morgan fingerprint density at radius 2 is 1.64 bits per heavy atom. The lowest BCUT2D eigenvalue weighted by Crippen LogP contribution is -2.20. The average Bonchev–Trinajstić information content (AvgIpc) is 3.34. The standard InChI is InChI=1S/C30H33NOS/c1-8-30(7,9-2)23-17-20(16-19-12-10-11-13-21(19)23)24-27-22(14-15-31-24)25-26(33-27)18(3)28(32-25)29(4,5)6/h10-17H,8-9H2,1-7H3. The van der Waals surface area contributed by atoms with Gasteiger partial charge < -0.3 is 4.42 Å². The highest BCUT2D eigenvalue weighted by atomic mass is 32.1. The first-order valence-corrected chi connectivity index (χ1v) is 12.8. The molecule has 0 spiro atoms. The number of furan rings is 1. The largest absolute Gasteiger partial charge is 0.459 e. The van der Waals surface area contributed by atoms with E-state index in [1.54, 1.807) is 0 Å². The van der Waals surface area contributed by atoms with Gasteiger partial charge in [0.1, 0.15) is 5.76 Å². The van der Waals surface area contributed by atoms with Crippen LogP contribution in [0.25, 0.3) is 42.4 Å². The van der Waals surface area contributed by atoms with Gasteiger partial charge in [-0.1, -0.05) is 65.8 Å². The molecule has 2 aromatic carbocycles. The first-order chi connectivity index (χ1) is 15.7. The quantitative estimate of drug-likeness (QED) is 0.270. The van der Waals surface area contributed by atoms with Crippen molar-refractivity contribution in [1.82, 2.24) is 4.98 Å². The van der Waals surface area contributed by atoms with Gasteiger partial charge in [-0.15, -0.1) is 11.3 Å². The van der Waals surface area contributed by atoms with Crippen LogP contribution in [0.15, 0.2) is 53.1 Å². The van der Waals surface area contributed by atoms with E-state index in [2.05, 4.69) is 90.9 Å². The van der Waals surface area contributed by atoms with E-state index in [0.29, 0.717) is 0 Å². The molecule has 3 aromatic heterocycles. The van der Waals surface area contributed by atoms with Crippen LogP contribution in [0.3, 0.4) is 0 Å². The number of fused-ring (bicyclic) bond motifs is 4. The molecular formula is C30H33NOS. The van der Waals surface area contributed by atoms with Crippen LogP contribution in [0.4, 0.5) is 0 Å². The molecule has 0 aliphatic carbocycles. The summed E-state index contributed by atoms with van der Waals surface area (Å²) < 4.78 is 8.93. The van der Waals surface area contributed by atoms with Crippen molar-refractivity contribution in [3.8, 4) is 11.3 Å². The van der Waals surface area contributed by atoms with E-state index in [4.69, 9.17) is 9.40 Å². The topological polar surface area (TPSA) is 26.0 Å². The van der Waals surface area contributed by atoms with Gasteiger partial charge in [0.2, 0.25) is 0 Å². The zero-order valence-electron chi connectivity index (χ0n) is 20.8. The first kappa shape index (κ1) is 22.2. The van der Waals surface area contributed by atoms with Gasteiger partial charge in [0, 0.05) is 28.1 Å². The van der Waals surface area contributed by atoms with Gasteiger partial charge in [-0.2, -0.15) is 0 Å². The molecular weight excluding hydrogens is 422 g/mol. The van der Waals surface area contributed by atoms with Crippen LogP contribution in [0.2, 0.25) is 0 Å². The zero-order valence-corrected chi connectivity index (χ0v) is 21.6. The molecule has 0 fully saturated rings. The number of pyridine rings is 1. The third kappa shape index (κ3) is 3.40. The Hall–Kier alpha value is -2.65. The summed E-state index contributed by atoms with van der Waals surface area (Å²) in [6.07, 6.45) is 4.15. The second-order valence-corrected chi connectivity index (χ2v) is 11.6. The van der Waals surface area contributed by atoms with Crippen LogP contribution in [-0.2, 0) is 10.8 Å². The summed E-state index contributed by atoms with van der Waals surface area (Å²) in [6, 6.07) is 15.6. The molecule has 0 aliphatic heterocycles. The maximum Gasteiger partial charge on any atom is 0.153 e. The fourth-order valence-electron chi connectivity index (χ4n) is 5.13. The molecule has 5 rings (SSSR count). The van der Waals surface area contributed by atoms with Crippen LogP contribution in [0, 0.1) is 6.92 Å². The number of aryl methyl sites for hydroxylation is 1. The Kier molecular flexibility index (Phi) is 5.17. The van der Waals surface area contributed by atoms with Crippen LogP contribution in [0.1, 0.15) is 71.3 Å². The summed E-state index contributed by atoms with van der Waals surface area (Å²) in [6.45, 7) is 15.8. The smallest absolute Gasteiger partial charge is 0.153 e. The van der Waals surface area contributed by atoms with Crippen molar-refractivity contribution in [3.05, 3.63) is 65.5 Å². The lowest BCUT2D eigenvalue weighted by Gasteiger charge is -2.29. The highest BCUT2D eigenvalue weighted by Crippen LogP contribution is 2.46. The maximum atomic E-state index is 6.47. The number of benzene rings is 2. The molecule has 0 amide bonds. The summed E-state index contributed by atoms with van der Waals surface area (Å²) in [5, 5.41) is 3.80. The van der Waals surface area contributed by atoms with Crippen molar-refractivity contribution in [1.29, 1.82) is 0 Å². The molecule has 0 radical (unpaired) electrons. The van der Waals surface area contributed by atoms with E-state index in [9.17, 15) is 0 Å². The van der Waals surface area contributed by atoms with Crippen molar-refractivity contribution in [3.63, 3.8) is 0 Å². The number of thiophene rings is 1. The molecule has 33 heavy (non-hydrogen) atoms. The van der Waals surface area contributed by atoms with Gasteiger partial charge in [-0.25, -0.2) is 0 Å². The maximum absolute atomic E-state index is 6.47. The third-order valence-electron chi connectivity index (χ3n) is 7.47. The van der Waals surface area contributed by atoms with Crippen molar-refractivity contribution in [2.45, 2.75) is 72.1 Å². The molecule has 5 aromatic rings. The third-order valence-corrected chi connectivity index (χ3v) is 8.79. The summed E-state index contributed by atoms with van der Waals surface area (Å²) in [4.78, 5) is 4.90. The number of rotatable bonds is 4. The van der Waals surface area contributed by atoms with Gasteiger partial charge in [-0.05, 0) is 59.7 Å². The monoisotopic (exact) mass is 455 g/mol. The highest BCUT2D eigenvalue weighted by molar-refractivity contribution is 7.26. The van der Waals surface area contributed by atoms with Gasteiger partial charge in [0.15, 0.2) is 5.58 Å². The minimum absolute atomic E-state index is 0.0109. The average molecular weight is 456 g/mol. The van der Waals surface area contributed by atoms with Crippen molar-refractivity contribution in [2.75, 3.05) is 0 Å². The molecule has 170 valence electrons. The molecule has 2 nitrogen and oxygen atoms in total. The van der Waals surface area contributed by atoms with Crippen LogP contribution < -0.4 is 0 Å². The number of nitrogens with zero attached hydrogens (tertiary/aromatic N) is 1. The second kappa shape index (κ2) is 7.70. The molecule has 0 saturated carbocycles. The molecule has 3 heteroatoms. The van der Waals surface area contributed by atoms with Gasteiger partial charge >= 0.3 is 0 Å². The number of hydrogen-bond donors (Lipinski definition) is 0. The van der Waals surface area contributed by atoms with Crippen molar-refractivity contribution < 1.29 is 4.42 Å². The molecule has 0 unspecified atom stereocenters. The van der Waals surface area contributed by atoms with E-state index < -0.39 is 0 Å². The summed E-state index contributed by atoms with van der Waals surface area (Å²) in [5.74, 6) is 1.08. The Bertz CT molecular complexity index is 1490.